The van der Waals surface area contributed by atoms with Crippen molar-refractivity contribution >= 4 is 22.3 Å². The van der Waals surface area contributed by atoms with Crippen molar-refractivity contribution in [2.45, 2.75) is 241 Å². The molecular formula is C53H78O23. The third kappa shape index (κ3) is 11.9. The highest BCUT2D eigenvalue weighted by Crippen LogP contribution is 2.48. The molecule has 2 aromatic carbocycles. The van der Waals surface area contributed by atoms with Crippen molar-refractivity contribution in [3.05, 3.63) is 28.8 Å². The van der Waals surface area contributed by atoms with E-state index in [1.165, 1.54) is 40.0 Å². The number of hydrogen-bond acceptors (Lipinski definition) is 23. The molecule has 23 nitrogen and oxygen atoms in total. The second-order valence-electron chi connectivity index (χ2n) is 22.3. The quantitative estimate of drug-likeness (QED) is 0.115. The number of aromatic hydroxyl groups is 2. The van der Waals surface area contributed by atoms with Gasteiger partial charge in [-0.15, -0.1) is 0 Å². The van der Waals surface area contributed by atoms with Crippen LogP contribution < -0.4 is 4.74 Å². The van der Waals surface area contributed by atoms with Crippen molar-refractivity contribution in [1.82, 2.24) is 0 Å². The molecule has 428 valence electrons. The minimum atomic E-state index is -1.94. The zero-order valence-electron chi connectivity index (χ0n) is 44.3. The summed E-state index contributed by atoms with van der Waals surface area (Å²) in [6.45, 7) is 12.4. The molecule has 4 aliphatic heterocycles. The molecule has 8 rings (SSSR count). The summed E-state index contributed by atoms with van der Waals surface area (Å²) in [6, 6.07) is 3.07. The molecule has 76 heavy (non-hydrogen) atoms. The van der Waals surface area contributed by atoms with Gasteiger partial charge in [0.25, 0.3) is 0 Å². The summed E-state index contributed by atoms with van der Waals surface area (Å²) in [7, 11) is 1.19. The molecule has 23 heteroatoms. The predicted molar refractivity (Wildman–Crippen MR) is 262 cm³/mol. The maximum atomic E-state index is 15.0. The van der Waals surface area contributed by atoms with Crippen LogP contribution in [0, 0.1) is 18.8 Å². The Morgan fingerprint density at radius 2 is 1.25 bits per heavy atom. The Bertz CT molecular complexity index is 2350. The number of aliphatic hydroxyl groups is 9. The van der Waals surface area contributed by atoms with Gasteiger partial charge in [0.15, 0.2) is 30.4 Å². The van der Waals surface area contributed by atoms with Gasteiger partial charge in [-0.1, -0.05) is 6.92 Å². The number of hydrogen-bond donors (Lipinski definition) is 11. The van der Waals surface area contributed by atoms with E-state index in [-0.39, 0.29) is 77.7 Å². The van der Waals surface area contributed by atoms with Crippen LogP contribution in [0.25, 0.3) is 10.8 Å². The highest BCUT2D eigenvalue weighted by atomic mass is 16.7. The molecule has 4 saturated heterocycles. The van der Waals surface area contributed by atoms with Crippen LogP contribution in [-0.4, -0.2) is 215 Å². The lowest BCUT2D eigenvalue weighted by atomic mass is 9.75. The van der Waals surface area contributed by atoms with Crippen LogP contribution in [0.4, 0.5) is 0 Å². The van der Waals surface area contributed by atoms with Crippen LogP contribution in [0.2, 0.25) is 0 Å². The molecule has 2 aromatic rings. The lowest BCUT2D eigenvalue weighted by Gasteiger charge is -2.46. The van der Waals surface area contributed by atoms with Crippen molar-refractivity contribution in [3.63, 3.8) is 0 Å². The lowest BCUT2D eigenvalue weighted by molar-refractivity contribution is -0.334. The summed E-state index contributed by atoms with van der Waals surface area (Å²) < 4.78 is 61.1. The maximum absolute atomic E-state index is 15.0. The average molecular weight is 1080 g/mol. The van der Waals surface area contributed by atoms with E-state index < -0.39 is 170 Å². The number of phenols is 2. The van der Waals surface area contributed by atoms with Crippen LogP contribution in [0.5, 0.6) is 17.2 Å². The minimum absolute atomic E-state index is 0.0435. The van der Waals surface area contributed by atoms with Crippen LogP contribution >= 0.6 is 0 Å². The van der Waals surface area contributed by atoms with E-state index >= 15 is 4.79 Å². The molecule has 4 heterocycles. The Morgan fingerprint density at radius 1 is 0.711 bits per heavy atom. The third-order valence-electron chi connectivity index (χ3n) is 16.4. The van der Waals surface area contributed by atoms with E-state index in [9.17, 15) is 61.0 Å². The van der Waals surface area contributed by atoms with E-state index in [4.69, 9.17) is 47.4 Å². The fourth-order valence-corrected chi connectivity index (χ4v) is 11.8. The number of ether oxygens (including phenoxy) is 10. The molecule has 5 fully saturated rings. The van der Waals surface area contributed by atoms with Gasteiger partial charge in [0.05, 0.1) is 83.7 Å². The van der Waals surface area contributed by atoms with Crippen molar-refractivity contribution in [1.29, 1.82) is 0 Å². The average Bonchev–Trinajstić information content (AvgIpc) is 3.38. The minimum Gasteiger partial charge on any atom is -0.507 e. The largest absolute Gasteiger partial charge is 0.507 e. The number of carbonyl (C=O) groups is 2. The normalized spacial score (nSPS) is 42.5. The molecule has 0 amide bonds. The molecule has 6 aliphatic rings. The van der Waals surface area contributed by atoms with Gasteiger partial charge in [-0.2, -0.15) is 0 Å². The zero-order valence-corrected chi connectivity index (χ0v) is 44.3. The monoisotopic (exact) mass is 1080 g/mol. The fourth-order valence-electron chi connectivity index (χ4n) is 11.8. The molecule has 0 aromatic heterocycles. The molecule has 2 aliphatic carbocycles. The third-order valence-corrected chi connectivity index (χ3v) is 16.4. The highest BCUT2D eigenvalue weighted by Gasteiger charge is 2.51. The Kier molecular flexibility index (Phi) is 18.1. The van der Waals surface area contributed by atoms with Crippen molar-refractivity contribution in [2.75, 3.05) is 7.11 Å². The van der Waals surface area contributed by atoms with Gasteiger partial charge < -0.3 is 104 Å². The molecule has 11 N–H and O–H groups in total. The first-order chi connectivity index (χ1) is 35.7. The first-order valence-electron chi connectivity index (χ1n) is 26.4. The van der Waals surface area contributed by atoms with Crippen molar-refractivity contribution < 1.29 is 113 Å². The molecule has 0 radical (unpaired) electrons. The Morgan fingerprint density at radius 3 is 1.82 bits per heavy atom. The zero-order chi connectivity index (χ0) is 55.6. The smallest absolute Gasteiger partial charge is 0.202 e. The van der Waals surface area contributed by atoms with E-state index in [1.54, 1.807) is 34.6 Å². The van der Waals surface area contributed by atoms with Gasteiger partial charge in [-0.25, -0.2) is 0 Å². The van der Waals surface area contributed by atoms with Crippen molar-refractivity contribution in [3.8, 4) is 17.2 Å². The predicted octanol–water partition coefficient (Wildman–Crippen LogP) is 0.414. The summed E-state index contributed by atoms with van der Waals surface area (Å²) in [6.07, 6.45) is -24.2. The van der Waals surface area contributed by atoms with E-state index in [0.29, 0.717) is 6.42 Å². The maximum Gasteiger partial charge on any atom is 0.202 e. The number of rotatable bonds is 15. The number of ketones is 2. The first kappa shape index (κ1) is 58.9. The van der Waals surface area contributed by atoms with E-state index in [2.05, 4.69) is 0 Å². The van der Waals surface area contributed by atoms with Gasteiger partial charge in [0, 0.05) is 50.7 Å². The standard InChI is InChI=1S/C53H78O23/c1-19-10-28(14-30(55)41(19)56)72-32-15-35(68-22(4)44(32)59)73-31-13-27-11-26-12-29(50(67-9)49(64)43(58)21(3)54)51(48(63)40(26)47(62)39(27)42(57)20(31)2)76-37-17-33(45(60)24(6)70-37)74-36-16-34(46(61)23(5)69-36)75-38-18-53(8,66)52(65)25(7)71-38/h11,13,19,21-25,28-30,32-38,41,43-46,50-52,54-62,65-66H,10,12,14-18H2,1-9H3/t19-,21+,22+,23+,24+,25+,28+,29-,30+,32+,33+,34+,35-,36-,37-,38-,41+,43-,44+,45+,46+,50-,51-,52+,53-/m0/s1. The Hall–Kier alpha value is -3.28. The van der Waals surface area contributed by atoms with Gasteiger partial charge >= 0.3 is 0 Å². The Labute approximate surface area is 440 Å². The molecule has 0 bridgehead atoms. The van der Waals surface area contributed by atoms with Gasteiger partial charge in [-0.3, -0.25) is 9.59 Å². The van der Waals surface area contributed by atoms with Crippen LogP contribution in [0.1, 0.15) is 108 Å². The van der Waals surface area contributed by atoms with Crippen molar-refractivity contribution in [2.24, 2.45) is 11.8 Å². The summed E-state index contributed by atoms with van der Waals surface area (Å²) in [4.78, 5) is 28.9. The molecule has 1 saturated carbocycles. The Balaban J connectivity index is 1.04. The highest BCUT2D eigenvalue weighted by molar-refractivity contribution is 6.11. The summed E-state index contributed by atoms with van der Waals surface area (Å²) in [5.74, 6) is -4.22. The number of aliphatic hydroxyl groups excluding tert-OH is 8. The molecule has 25 atom stereocenters. The fraction of sp³-hybridized carbons (Fsp3) is 0.774. The molecule has 0 spiro atoms. The second-order valence-corrected chi connectivity index (χ2v) is 22.3. The molecule has 0 unspecified atom stereocenters. The number of methoxy groups -OCH3 is 1. The lowest BCUT2D eigenvalue weighted by Crippen LogP contribution is -2.58. The second kappa shape index (κ2) is 23.4. The van der Waals surface area contributed by atoms with Crippen LogP contribution in [0.15, 0.2) is 12.1 Å². The summed E-state index contributed by atoms with van der Waals surface area (Å²) in [5.41, 5.74) is -1.42. The van der Waals surface area contributed by atoms with Gasteiger partial charge in [-0.05, 0) is 90.3 Å². The van der Waals surface area contributed by atoms with E-state index in [0.717, 1.165) is 0 Å². The number of carbonyl (C=O) groups excluding carboxylic acids is 2. The molecular weight excluding hydrogens is 1000 g/mol. The topological polar surface area (TPSA) is 349 Å². The van der Waals surface area contributed by atoms with Gasteiger partial charge in [0.1, 0.15) is 60.0 Å². The first-order valence-corrected chi connectivity index (χ1v) is 26.4. The number of phenolic OH excluding ortho intramolecular Hbond substituents is 2. The number of fused-ring (bicyclic) bond motifs is 2. The van der Waals surface area contributed by atoms with Crippen LogP contribution in [0.3, 0.4) is 0 Å². The number of benzene rings is 2. The summed E-state index contributed by atoms with van der Waals surface area (Å²) in [5, 5.41) is 121. The number of Topliss-reactive ketones (excluding diaryl/α,β-unsaturated/α-hetero) is 2. The van der Waals surface area contributed by atoms with Crippen LogP contribution in [-0.2, 0) is 53.8 Å². The SMILES string of the molecule is CO[C@H](C(=O)[C@@H](O)[C@@H](C)O)[C@@H]1Cc2cc3cc(O[C@H]4C[C@@H](O[C@H]5C[C@@H](O)[C@H](O)[C@@H](C)C5)[C@H](O)[C@@H](C)O4)c(C)c(O)c3c(O)c2C(=O)[C@H]1O[C@H]1C[C@@H](O[C@H]2C[C@@H](O[C@H]3C[C@](C)(O)[C@H](O)[C@@H](C)O3)[C@H](O)[C@@H](C)O2)[C@H](O)[C@@H](C)O1. The summed E-state index contributed by atoms with van der Waals surface area (Å²) >= 11 is 0. The van der Waals surface area contributed by atoms with Gasteiger partial charge in [0.2, 0.25) is 6.29 Å². The van der Waals surface area contributed by atoms with E-state index in [1.807, 2.05) is 0 Å².